The number of rotatable bonds is 5. The Labute approximate surface area is 161 Å². The van der Waals surface area contributed by atoms with E-state index in [4.69, 9.17) is 4.74 Å². The molecule has 3 atom stereocenters. The third kappa shape index (κ3) is 3.45. The van der Waals surface area contributed by atoms with Gasteiger partial charge in [0, 0.05) is 57.4 Å². The molecule has 4 aliphatic rings. The molecule has 7 nitrogen and oxygen atoms in total. The van der Waals surface area contributed by atoms with Gasteiger partial charge in [0.1, 0.15) is 0 Å². The Bertz CT molecular complexity index is 784. The number of nitrogens with one attached hydrogen (secondary N) is 1. The number of sulfonamides is 1. The van der Waals surface area contributed by atoms with Gasteiger partial charge in [-0.2, -0.15) is 9.40 Å². The number of ether oxygens (including phenoxy) is 1. The van der Waals surface area contributed by atoms with Crippen molar-refractivity contribution < 1.29 is 13.2 Å². The molecule has 150 valence electrons. The minimum absolute atomic E-state index is 0.362. The summed E-state index contributed by atoms with van der Waals surface area (Å²) in [6.07, 6.45) is 6.63. The van der Waals surface area contributed by atoms with E-state index in [9.17, 15) is 8.42 Å². The number of aryl methyl sites for hydroxylation is 1. The molecule has 8 heteroatoms. The average molecular weight is 395 g/mol. The van der Waals surface area contributed by atoms with Crippen molar-refractivity contribution in [3.8, 4) is 0 Å². The van der Waals surface area contributed by atoms with Crippen molar-refractivity contribution in [3.63, 3.8) is 0 Å². The van der Waals surface area contributed by atoms with Crippen LogP contribution in [0.4, 0.5) is 0 Å². The van der Waals surface area contributed by atoms with E-state index in [1.165, 1.54) is 0 Å². The molecule has 2 saturated carbocycles. The highest BCUT2D eigenvalue weighted by Crippen LogP contribution is 2.42. The maximum absolute atomic E-state index is 13.2. The zero-order valence-corrected chi connectivity index (χ0v) is 16.8. The summed E-state index contributed by atoms with van der Waals surface area (Å²) < 4.78 is 35.1. The number of aromatic nitrogens is 2. The van der Waals surface area contributed by atoms with E-state index in [0.29, 0.717) is 48.0 Å². The first kappa shape index (κ1) is 18.1. The number of fused-ring (bicyclic) bond motifs is 1. The lowest BCUT2D eigenvalue weighted by Gasteiger charge is -2.27. The Balaban J connectivity index is 1.23. The summed E-state index contributed by atoms with van der Waals surface area (Å²) in [6.45, 7) is 3.03. The second-order valence-corrected chi connectivity index (χ2v) is 10.8. The molecule has 2 aliphatic carbocycles. The van der Waals surface area contributed by atoms with Crippen molar-refractivity contribution in [1.82, 2.24) is 19.4 Å². The Hall–Kier alpha value is -0.960. The molecular formula is C19H30N4O3S. The predicted molar refractivity (Wildman–Crippen MR) is 101 cm³/mol. The number of hydrogen-bond donors (Lipinski definition) is 1. The molecule has 1 N–H and O–H groups in total. The zero-order valence-electron chi connectivity index (χ0n) is 16.0. The van der Waals surface area contributed by atoms with Crippen LogP contribution in [0.15, 0.2) is 11.1 Å². The molecule has 1 unspecified atom stereocenters. The highest BCUT2D eigenvalue weighted by atomic mass is 32.2. The third-order valence-electron chi connectivity index (χ3n) is 6.87. The normalized spacial score (nSPS) is 32.9. The van der Waals surface area contributed by atoms with Crippen LogP contribution in [0.25, 0.3) is 0 Å². The molecule has 0 amide bonds. The minimum Gasteiger partial charge on any atom is -0.381 e. The lowest BCUT2D eigenvalue weighted by atomic mass is 10.0. The van der Waals surface area contributed by atoms with Gasteiger partial charge in [-0.1, -0.05) is 0 Å². The van der Waals surface area contributed by atoms with E-state index in [-0.39, 0.29) is 0 Å². The van der Waals surface area contributed by atoms with Crippen LogP contribution in [0.2, 0.25) is 0 Å². The van der Waals surface area contributed by atoms with Crippen LogP contribution < -0.4 is 5.32 Å². The van der Waals surface area contributed by atoms with Crippen LogP contribution in [0.5, 0.6) is 0 Å². The fraction of sp³-hybridized carbons (Fsp3) is 0.842. The van der Waals surface area contributed by atoms with Crippen LogP contribution in [-0.2, 0) is 21.8 Å². The van der Waals surface area contributed by atoms with Crippen LogP contribution in [-0.4, -0.2) is 60.9 Å². The topological polar surface area (TPSA) is 76.5 Å². The highest BCUT2D eigenvalue weighted by molar-refractivity contribution is 7.89. The predicted octanol–water partition coefficient (Wildman–Crippen LogP) is 1.47. The summed E-state index contributed by atoms with van der Waals surface area (Å²) in [5.74, 6) is 1.43. The van der Waals surface area contributed by atoms with E-state index in [1.54, 1.807) is 22.1 Å². The van der Waals surface area contributed by atoms with Crippen molar-refractivity contribution >= 4 is 10.0 Å². The largest absolute Gasteiger partial charge is 0.381 e. The summed E-state index contributed by atoms with van der Waals surface area (Å²) in [7, 11) is -1.69. The first-order chi connectivity index (χ1) is 13.0. The number of hydrogen-bond acceptors (Lipinski definition) is 5. The van der Waals surface area contributed by atoms with Crippen molar-refractivity contribution in [2.75, 3.05) is 26.3 Å². The smallest absolute Gasteiger partial charge is 0.260 e. The Morgan fingerprint density at radius 3 is 2.37 bits per heavy atom. The Kier molecular flexibility index (Phi) is 4.57. The molecule has 4 fully saturated rings. The van der Waals surface area contributed by atoms with Gasteiger partial charge in [-0.15, -0.1) is 0 Å². The third-order valence-corrected chi connectivity index (χ3v) is 8.75. The molecule has 1 aromatic rings. The van der Waals surface area contributed by atoms with Gasteiger partial charge in [-0.3, -0.25) is 4.68 Å². The maximum Gasteiger partial charge on any atom is 0.260 e. The van der Waals surface area contributed by atoms with Gasteiger partial charge >= 0.3 is 0 Å². The van der Waals surface area contributed by atoms with Crippen molar-refractivity contribution in [3.05, 3.63) is 11.8 Å². The van der Waals surface area contributed by atoms with E-state index in [1.807, 2.05) is 0 Å². The van der Waals surface area contributed by atoms with E-state index in [2.05, 4.69) is 10.4 Å². The van der Waals surface area contributed by atoms with Gasteiger partial charge in [-0.05, 0) is 50.4 Å². The fourth-order valence-corrected chi connectivity index (χ4v) is 6.89. The lowest BCUT2D eigenvalue weighted by Crippen LogP contribution is -2.41. The van der Waals surface area contributed by atoms with Gasteiger partial charge in [0.25, 0.3) is 10.0 Å². The molecule has 3 heterocycles. The quantitative estimate of drug-likeness (QED) is 0.818. The van der Waals surface area contributed by atoms with Gasteiger partial charge < -0.3 is 10.1 Å². The van der Waals surface area contributed by atoms with Crippen molar-refractivity contribution in [1.29, 1.82) is 0 Å². The molecule has 5 rings (SSSR count). The monoisotopic (exact) mass is 394 g/mol. The first-order valence-corrected chi connectivity index (χ1v) is 11.8. The Morgan fingerprint density at radius 2 is 1.74 bits per heavy atom. The maximum atomic E-state index is 13.2. The summed E-state index contributed by atoms with van der Waals surface area (Å²) >= 11 is 0. The minimum atomic E-state index is -3.44. The van der Waals surface area contributed by atoms with Crippen LogP contribution >= 0.6 is 0 Å². The summed E-state index contributed by atoms with van der Waals surface area (Å²) in [5, 5.41) is 8.61. The molecule has 0 aromatic carbocycles. The molecule has 0 spiro atoms. The van der Waals surface area contributed by atoms with E-state index in [0.717, 1.165) is 57.4 Å². The van der Waals surface area contributed by atoms with Crippen LogP contribution in [0.1, 0.15) is 50.1 Å². The Morgan fingerprint density at radius 1 is 1.07 bits per heavy atom. The van der Waals surface area contributed by atoms with Crippen molar-refractivity contribution in [2.24, 2.45) is 18.9 Å². The van der Waals surface area contributed by atoms with Gasteiger partial charge in [0.15, 0.2) is 5.03 Å². The fourth-order valence-electron chi connectivity index (χ4n) is 5.21. The van der Waals surface area contributed by atoms with E-state index < -0.39 is 10.0 Å². The average Bonchev–Trinajstić information content (AvgIpc) is 3.13. The molecule has 27 heavy (non-hydrogen) atoms. The van der Waals surface area contributed by atoms with Crippen LogP contribution in [0, 0.1) is 11.8 Å². The zero-order chi connectivity index (χ0) is 18.6. The summed E-state index contributed by atoms with van der Waals surface area (Å²) in [6, 6.07) is 2.90. The molecule has 1 aromatic heterocycles. The second kappa shape index (κ2) is 6.83. The van der Waals surface area contributed by atoms with Crippen molar-refractivity contribution in [2.45, 2.75) is 61.6 Å². The van der Waals surface area contributed by atoms with E-state index >= 15 is 0 Å². The van der Waals surface area contributed by atoms with Crippen LogP contribution in [0.3, 0.4) is 0 Å². The van der Waals surface area contributed by atoms with Gasteiger partial charge in [0.05, 0.1) is 5.69 Å². The SMILES string of the molecule is Cn1nc(C2CC2)cc1S(=O)(=O)N1C[C@H]2CC(NC3CCOCC3)C[C@H]2C1. The standard InChI is InChI=1S/C19H30N4O3S/c1-22-19(10-18(21-22)13-2-3-13)27(24,25)23-11-14-8-17(9-15(14)12-23)20-16-4-6-26-7-5-16/h10,13-17,20H,2-9,11-12H2,1H3/t14-,15+,17?. The molecule has 0 bridgehead atoms. The second-order valence-electron chi connectivity index (χ2n) is 8.87. The van der Waals surface area contributed by atoms with Gasteiger partial charge in [-0.25, -0.2) is 8.42 Å². The molecule has 0 radical (unpaired) electrons. The van der Waals surface area contributed by atoms with Gasteiger partial charge in [0.2, 0.25) is 0 Å². The first-order valence-electron chi connectivity index (χ1n) is 10.4. The molecular weight excluding hydrogens is 364 g/mol. The highest BCUT2D eigenvalue weighted by Gasteiger charge is 2.46. The summed E-state index contributed by atoms with van der Waals surface area (Å²) in [4.78, 5) is 0. The lowest BCUT2D eigenvalue weighted by molar-refractivity contribution is 0.0747. The molecule has 2 aliphatic heterocycles. The molecule has 2 saturated heterocycles. The number of nitrogens with zero attached hydrogens (tertiary/aromatic N) is 3. The summed E-state index contributed by atoms with van der Waals surface area (Å²) in [5.41, 5.74) is 0.941.